The number of rotatable bonds is 3. The number of amides is 1. The molecule has 0 radical (unpaired) electrons. The van der Waals surface area contributed by atoms with Gasteiger partial charge in [-0.1, -0.05) is 49.1 Å². The van der Waals surface area contributed by atoms with Crippen LogP contribution in [0.1, 0.15) is 45.5 Å². The molecule has 4 aromatic heterocycles. The molecule has 6 aromatic rings. The third-order valence-electron chi connectivity index (χ3n) is 7.00. The van der Waals surface area contributed by atoms with Gasteiger partial charge in [0.15, 0.2) is 11.5 Å². The van der Waals surface area contributed by atoms with E-state index in [1.165, 1.54) is 4.52 Å². The summed E-state index contributed by atoms with van der Waals surface area (Å²) in [6, 6.07) is 19.4. The number of carbonyl (C=O) groups excluding carboxylic acids is 1. The van der Waals surface area contributed by atoms with Crippen molar-refractivity contribution in [3.8, 4) is 17.5 Å². The molecule has 0 aliphatic heterocycles. The van der Waals surface area contributed by atoms with Gasteiger partial charge in [-0.15, -0.1) is 5.10 Å². The third-order valence-corrected chi connectivity index (χ3v) is 7.00. The Hall–Kier alpha value is -5.69. The second kappa shape index (κ2) is 11.4. The number of primary amides is 1. The van der Waals surface area contributed by atoms with Crippen LogP contribution in [0.2, 0.25) is 0 Å². The minimum atomic E-state index is -0.619. The van der Waals surface area contributed by atoms with Gasteiger partial charge in [0.2, 0.25) is 0 Å². The number of nitrogens with zero attached hydrogens (tertiary/aromatic N) is 6. The summed E-state index contributed by atoms with van der Waals surface area (Å²) in [5.74, 6) is 5.97. The Morgan fingerprint density at radius 3 is 2.43 bits per heavy atom. The number of carbonyl (C=O) groups is 1. The van der Waals surface area contributed by atoms with Gasteiger partial charge in [-0.3, -0.25) is 18.8 Å². The number of hydrogen-bond donors (Lipinski definition) is 2. The molecule has 0 bridgehead atoms. The van der Waals surface area contributed by atoms with Crippen LogP contribution in [-0.4, -0.2) is 34.9 Å². The summed E-state index contributed by atoms with van der Waals surface area (Å²) in [7, 11) is 1.91. The summed E-state index contributed by atoms with van der Waals surface area (Å²) < 4.78 is 5.04. The van der Waals surface area contributed by atoms with E-state index in [1.54, 1.807) is 23.0 Å². The number of para-hydroxylation sites is 1. The average molecular weight is 559 g/mol. The van der Waals surface area contributed by atoms with Crippen LogP contribution in [0.4, 0.5) is 5.82 Å². The number of nitrogens with two attached hydrogens (primary N) is 2. The second-order valence-electron chi connectivity index (χ2n) is 9.67. The molecule has 0 saturated carbocycles. The quantitative estimate of drug-likeness (QED) is 0.318. The van der Waals surface area contributed by atoms with E-state index < -0.39 is 5.91 Å². The molecule has 0 spiro atoms. The Bertz CT molecular complexity index is 2080. The molecule has 0 fully saturated rings. The van der Waals surface area contributed by atoms with Gasteiger partial charge in [-0.2, -0.15) is 5.10 Å². The van der Waals surface area contributed by atoms with Crippen LogP contribution >= 0.6 is 0 Å². The lowest BCUT2D eigenvalue weighted by Crippen LogP contribution is -2.22. The number of fused-ring (bicyclic) bond motifs is 2. The summed E-state index contributed by atoms with van der Waals surface area (Å²) in [5, 5.41) is 9.87. The largest absolute Gasteiger partial charge is 0.381 e. The van der Waals surface area contributed by atoms with E-state index in [-0.39, 0.29) is 16.9 Å². The summed E-state index contributed by atoms with van der Waals surface area (Å²) in [6.45, 7) is 6.02. The molecule has 10 nitrogen and oxygen atoms in total. The van der Waals surface area contributed by atoms with E-state index in [2.05, 4.69) is 40.0 Å². The van der Waals surface area contributed by atoms with Crippen molar-refractivity contribution in [2.24, 2.45) is 12.8 Å². The Kier molecular flexibility index (Phi) is 7.58. The van der Waals surface area contributed by atoms with Crippen LogP contribution in [-0.2, 0) is 13.5 Å². The second-order valence-corrected chi connectivity index (χ2v) is 9.67. The lowest BCUT2D eigenvalue weighted by Gasteiger charge is -2.14. The van der Waals surface area contributed by atoms with E-state index in [4.69, 9.17) is 11.5 Å². The summed E-state index contributed by atoms with van der Waals surface area (Å²) in [4.78, 5) is 28.4. The van der Waals surface area contributed by atoms with Gasteiger partial charge in [0, 0.05) is 36.4 Å². The van der Waals surface area contributed by atoms with Crippen LogP contribution in [0.5, 0.6) is 0 Å². The van der Waals surface area contributed by atoms with Gasteiger partial charge in [-0.25, -0.2) is 9.50 Å². The van der Waals surface area contributed by atoms with Crippen LogP contribution in [0.25, 0.3) is 22.1 Å². The fourth-order valence-electron chi connectivity index (χ4n) is 4.86. The van der Waals surface area contributed by atoms with Crippen molar-refractivity contribution in [2.75, 3.05) is 5.73 Å². The number of nitrogen functional groups attached to an aromatic ring is 1. The SMILES string of the molecule is CCc1cc2cccc(C#Cc3c(C)nn(C)c3C)c2c(=O)n1-c1ccccc1.NC(=O)c1c(N)nn2cccnc12. The molecular formula is C32H30N8O2. The topological polar surface area (TPSA) is 139 Å². The number of hydrogen-bond acceptors (Lipinski definition) is 6. The Labute approximate surface area is 242 Å². The maximum Gasteiger partial charge on any atom is 0.264 e. The molecule has 10 heteroatoms. The van der Waals surface area contributed by atoms with Gasteiger partial charge < -0.3 is 11.5 Å². The van der Waals surface area contributed by atoms with Crippen molar-refractivity contribution in [3.05, 3.63) is 117 Å². The van der Waals surface area contributed by atoms with Gasteiger partial charge >= 0.3 is 0 Å². The summed E-state index contributed by atoms with van der Waals surface area (Å²) in [6.07, 6.45) is 3.96. The molecule has 4 N–H and O–H groups in total. The highest BCUT2D eigenvalue weighted by Gasteiger charge is 2.16. The predicted molar refractivity (Wildman–Crippen MR) is 164 cm³/mol. The molecular weight excluding hydrogens is 528 g/mol. The molecule has 1 amide bonds. The molecule has 0 aliphatic rings. The van der Waals surface area contributed by atoms with Gasteiger partial charge in [0.05, 0.1) is 22.3 Å². The van der Waals surface area contributed by atoms with E-state index in [0.717, 1.165) is 45.7 Å². The van der Waals surface area contributed by atoms with Crippen molar-refractivity contribution in [1.29, 1.82) is 0 Å². The first-order valence-electron chi connectivity index (χ1n) is 13.3. The highest BCUT2D eigenvalue weighted by molar-refractivity contribution is 6.03. The predicted octanol–water partition coefficient (Wildman–Crippen LogP) is 3.71. The molecule has 42 heavy (non-hydrogen) atoms. The molecule has 0 unspecified atom stereocenters. The van der Waals surface area contributed by atoms with E-state index in [1.807, 2.05) is 74.1 Å². The zero-order valence-corrected chi connectivity index (χ0v) is 23.8. The van der Waals surface area contributed by atoms with Crippen LogP contribution in [0.15, 0.2) is 77.9 Å². The molecule has 0 saturated heterocycles. The Balaban J connectivity index is 0.000000226. The van der Waals surface area contributed by atoms with Gasteiger partial charge in [0.25, 0.3) is 11.5 Å². The molecule has 2 aromatic carbocycles. The Morgan fingerprint density at radius 2 is 1.76 bits per heavy atom. The zero-order chi connectivity index (χ0) is 30.0. The fourth-order valence-corrected chi connectivity index (χ4v) is 4.86. The first-order valence-corrected chi connectivity index (χ1v) is 13.3. The number of anilines is 1. The lowest BCUT2D eigenvalue weighted by molar-refractivity contribution is 0.100. The van der Waals surface area contributed by atoms with E-state index in [0.29, 0.717) is 11.0 Å². The number of pyridine rings is 1. The lowest BCUT2D eigenvalue weighted by atomic mass is 10.0. The molecule has 4 heterocycles. The Morgan fingerprint density at radius 1 is 1.00 bits per heavy atom. The number of aromatic nitrogens is 6. The summed E-state index contributed by atoms with van der Waals surface area (Å²) in [5.41, 5.74) is 16.5. The average Bonchev–Trinajstić information content (AvgIpc) is 3.45. The van der Waals surface area contributed by atoms with Crippen molar-refractivity contribution < 1.29 is 4.79 Å². The van der Waals surface area contributed by atoms with Crippen molar-refractivity contribution >= 4 is 28.1 Å². The van der Waals surface area contributed by atoms with Crippen molar-refractivity contribution in [2.45, 2.75) is 27.2 Å². The van der Waals surface area contributed by atoms with E-state index >= 15 is 0 Å². The molecule has 210 valence electrons. The zero-order valence-electron chi connectivity index (χ0n) is 23.8. The monoisotopic (exact) mass is 558 g/mol. The van der Waals surface area contributed by atoms with Crippen LogP contribution in [0.3, 0.4) is 0 Å². The number of benzene rings is 2. The van der Waals surface area contributed by atoms with E-state index in [9.17, 15) is 9.59 Å². The van der Waals surface area contributed by atoms with Crippen molar-refractivity contribution in [1.82, 2.24) is 28.9 Å². The highest BCUT2D eigenvalue weighted by atomic mass is 16.1. The van der Waals surface area contributed by atoms with Gasteiger partial charge in [-0.05, 0) is 56.0 Å². The fraction of sp³-hybridized carbons (Fsp3) is 0.156. The smallest absolute Gasteiger partial charge is 0.264 e. The number of aryl methyl sites for hydroxylation is 3. The first-order chi connectivity index (χ1) is 20.2. The molecule has 0 aliphatic carbocycles. The minimum absolute atomic E-state index is 0.0323. The summed E-state index contributed by atoms with van der Waals surface area (Å²) >= 11 is 0. The first kappa shape index (κ1) is 27.9. The van der Waals surface area contributed by atoms with Gasteiger partial charge in [0.1, 0.15) is 5.56 Å². The highest BCUT2D eigenvalue weighted by Crippen LogP contribution is 2.20. The van der Waals surface area contributed by atoms with Crippen LogP contribution < -0.4 is 17.0 Å². The third kappa shape index (κ3) is 5.11. The minimum Gasteiger partial charge on any atom is -0.381 e. The van der Waals surface area contributed by atoms with Crippen LogP contribution in [0, 0.1) is 25.7 Å². The maximum atomic E-state index is 13.6. The standard InChI is InChI=1S/C25H23N3O.C7H7N5O/c1-5-21-16-20-11-9-10-19(14-15-23-17(2)26-27(4)18(23)3)24(20)25(29)28(21)22-12-7-6-8-13-22;8-5-4(6(9)13)7-10-2-1-3-12(7)11-5/h6-13,16H,5H2,1-4H3;1-3H,(H2,8,11)(H2,9,13). The normalized spacial score (nSPS) is 10.7. The molecule has 6 rings (SSSR count). The molecule has 0 atom stereocenters. The van der Waals surface area contributed by atoms with Crippen molar-refractivity contribution in [3.63, 3.8) is 0 Å². The maximum absolute atomic E-state index is 13.6.